The third-order valence-electron chi connectivity index (χ3n) is 4.09. The fourth-order valence-corrected chi connectivity index (χ4v) is 4.33. The number of aromatic nitrogens is 2. The smallest absolute Gasteiger partial charge is 0.340 e. The zero-order valence-corrected chi connectivity index (χ0v) is 13.1. The Balaban J connectivity index is 2.35. The molecule has 7 nitrogen and oxygen atoms in total. The lowest BCUT2D eigenvalue weighted by Crippen LogP contribution is -2.37. The topological polar surface area (TPSA) is 103 Å². The number of hydrogen-bond acceptors (Lipinski definition) is 4. The molecule has 0 aromatic carbocycles. The number of sulfonamides is 1. The van der Waals surface area contributed by atoms with Crippen molar-refractivity contribution >= 4 is 16.0 Å². The summed E-state index contributed by atoms with van der Waals surface area (Å²) in [4.78, 5) is 11.3. The SMILES string of the molecule is Cc1[nH]nc(S(=O)(=O)N(C)C2CCCCCC2)c1C(=O)O. The van der Waals surface area contributed by atoms with Gasteiger partial charge in [-0.3, -0.25) is 5.10 Å². The molecule has 1 aromatic heterocycles. The van der Waals surface area contributed by atoms with Crippen molar-refractivity contribution in [3.05, 3.63) is 11.3 Å². The Bertz CT molecular complexity index is 615. The normalized spacial score (nSPS) is 17.9. The first-order valence-electron chi connectivity index (χ1n) is 7.12. The van der Waals surface area contributed by atoms with Crippen molar-refractivity contribution in [3.63, 3.8) is 0 Å². The highest BCUT2D eigenvalue weighted by Crippen LogP contribution is 2.27. The minimum atomic E-state index is -3.90. The van der Waals surface area contributed by atoms with Crippen LogP contribution in [0.15, 0.2) is 5.03 Å². The van der Waals surface area contributed by atoms with Crippen LogP contribution in [0.4, 0.5) is 0 Å². The predicted molar refractivity (Wildman–Crippen MR) is 76.7 cm³/mol. The van der Waals surface area contributed by atoms with Crippen LogP contribution in [0, 0.1) is 6.92 Å². The summed E-state index contributed by atoms with van der Waals surface area (Å²) in [5.74, 6) is -1.28. The van der Waals surface area contributed by atoms with E-state index in [1.165, 1.54) is 18.3 Å². The molecule has 2 rings (SSSR count). The number of nitrogens with one attached hydrogen (secondary N) is 1. The van der Waals surface area contributed by atoms with E-state index in [-0.39, 0.29) is 22.3 Å². The van der Waals surface area contributed by atoms with E-state index in [1.807, 2.05) is 0 Å². The summed E-state index contributed by atoms with van der Waals surface area (Å²) in [5, 5.41) is 15.0. The molecule has 1 aliphatic carbocycles. The van der Waals surface area contributed by atoms with Crippen molar-refractivity contribution < 1.29 is 18.3 Å². The van der Waals surface area contributed by atoms with Crippen molar-refractivity contribution in [2.75, 3.05) is 7.05 Å². The molecule has 0 atom stereocenters. The largest absolute Gasteiger partial charge is 0.478 e. The summed E-state index contributed by atoms with van der Waals surface area (Å²) in [6, 6.07) is -0.0869. The summed E-state index contributed by atoms with van der Waals surface area (Å²) in [6.45, 7) is 1.50. The molecule has 2 N–H and O–H groups in total. The van der Waals surface area contributed by atoms with E-state index < -0.39 is 16.0 Å². The first-order valence-corrected chi connectivity index (χ1v) is 8.56. The summed E-state index contributed by atoms with van der Waals surface area (Å²) in [7, 11) is -2.38. The molecule has 1 heterocycles. The molecule has 1 fully saturated rings. The van der Waals surface area contributed by atoms with Crippen molar-refractivity contribution in [2.45, 2.75) is 56.5 Å². The van der Waals surface area contributed by atoms with Gasteiger partial charge in [0.05, 0.1) is 0 Å². The van der Waals surface area contributed by atoms with Crippen molar-refractivity contribution in [1.29, 1.82) is 0 Å². The Morgan fingerprint density at radius 3 is 2.38 bits per heavy atom. The summed E-state index contributed by atoms with van der Waals surface area (Å²) in [6.07, 6.45) is 5.84. The first-order chi connectivity index (χ1) is 9.85. The van der Waals surface area contributed by atoms with Gasteiger partial charge in [-0.2, -0.15) is 9.40 Å². The van der Waals surface area contributed by atoms with Crippen LogP contribution in [-0.2, 0) is 10.0 Å². The van der Waals surface area contributed by atoms with Gasteiger partial charge in [0, 0.05) is 18.8 Å². The molecule has 0 bridgehead atoms. The van der Waals surface area contributed by atoms with Crippen molar-refractivity contribution in [1.82, 2.24) is 14.5 Å². The van der Waals surface area contributed by atoms with Crippen LogP contribution in [-0.4, -0.2) is 47.1 Å². The highest BCUT2D eigenvalue weighted by molar-refractivity contribution is 7.89. The van der Waals surface area contributed by atoms with E-state index in [0.29, 0.717) is 0 Å². The van der Waals surface area contributed by atoms with Gasteiger partial charge in [0.15, 0.2) is 0 Å². The lowest BCUT2D eigenvalue weighted by atomic mass is 10.1. The zero-order valence-electron chi connectivity index (χ0n) is 12.3. The zero-order chi connectivity index (χ0) is 15.6. The van der Waals surface area contributed by atoms with E-state index in [4.69, 9.17) is 0 Å². The van der Waals surface area contributed by atoms with Crippen LogP contribution in [0.1, 0.15) is 54.6 Å². The van der Waals surface area contributed by atoms with Crippen LogP contribution >= 0.6 is 0 Å². The van der Waals surface area contributed by atoms with Crippen molar-refractivity contribution in [2.24, 2.45) is 0 Å². The summed E-state index contributed by atoms with van der Waals surface area (Å²) < 4.78 is 26.6. The van der Waals surface area contributed by atoms with Gasteiger partial charge in [0.25, 0.3) is 10.0 Å². The third-order valence-corrected chi connectivity index (χ3v) is 5.93. The van der Waals surface area contributed by atoms with E-state index in [1.54, 1.807) is 0 Å². The van der Waals surface area contributed by atoms with Gasteiger partial charge < -0.3 is 5.11 Å². The molecular weight excluding hydrogens is 294 g/mol. The molecule has 0 spiro atoms. The van der Waals surface area contributed by atoms with E-state index in [0.717, 1.165) is 38.5 Å². The lowest BCUT2D eigenvalue weighted by Gasteiger charge is -2.25. The van der Waals surface area contributed by atoms with Gasteiger partial charge in [0.2, 0.25) is 5.03 Å². The predicted octanol–water partition coefficient (Wildman–Crippen LogP) is 1.76. The molecule has 8 heteroatoms. The number of carboxylic acids is 1. The Labute approximate surface area is 124 Å². The van der Waals surface area contributed by atoms with Crippen LogP contribution in [0.25, 0.3) is 0 Å². The Morgan fingerprint density at radius 2 is 1.86 bits per heavy atom. The first kappa shape index (κ1) is 16.0. The van der Waals surface area contributed by atoms with E-state index in [2.05, 4.69) is 10.2 Å². The lowest BCUT2D eigenvalue weighted by molar-refractivity contribution is 0.0691. The quantitative estimate of drug-likeness (QED) is 0.824. The third kappa shape index (κ3) is 3.11. The van der Waals surface area contributed by atoms with Gasteiger partial charge in [-0.05, 0) is 19.8 Å². The average molecular weight is 315 g/mol. The van der Waals surface area contributed by atoms with Crippen LogP contribution in [0.5, 0.6) is 0 Å². The fourth-order valence-electron chi connectivity index (χ4n) is 2.80. The van der Waals surface area contributed by atoms with E-state index >= 15 is 0 Å². The number of aryl methyl sites for hydroxylation is 1. The van der Waals surface area contributed by atoms with Crippen LogP contribution in [0.2, 0.25) is 0 Å². The molecule has 0 amide bonds. The minimum absolute atomic E-state index is 0.0869. The molecule has 0 saturated heterocycles. The number of aromatic carboxylic acids is 1. The summed E-state index contributed by atoms with van der Waals surface area (Å²) in [5.41, 5.74) is -0.0224. The molecule has 0 unspecified atom stereocenters. The summed E-state index contributed by atoms with van der Waals surface area (Å²) >= 11 is 0. The highest BCUT2D eigenvalue weighted by Gasteiger charge is 2.34. The highest BCUT2D eigenvalue weighted by atomic mass is 32.2. The number of aromatic amines is 1. The second kappa shape index (κ2) is 6.15. The van der Waals surface area contributed by atoms with Gasteiger partial charge in [-0.15, -0.1) is 0 Å². The molecule has 0 aliphatic heterocycles. The minimum Gasteiger partial charge on any atom is -0.478 e. The maximum absolute atomic E-state index is 12.7. The van der Waals surface area contributed by atoms with Crippen LogP contribution in [0.3, 0.4) is 0 Å². The number of rotatable bonds is 4. The average Bonchev–Trinajstić information content (AvgIpc) is 2.65. The number of H-pyrrole nitrogens is 1. The van der Waals surface area contributed by atoms with Gasteiger partial charge in [0.1, 0.15) is 5.56 Å². The molecule has 1 saturated carbocycles. The number of hydrogen-bond donors (Lipinski definition) is 2. The van der Waals surface area contributed by atoms with Gasteiger partial charge in [-0.25, -0.2) is 13.2 Å². The Kier molecular flexibility index (Phi) is 4.67. The molecular formula is C13H21N3O4S. The second-order valence-electron chi connectivity index (χ2n) is 5.50. The maximum atomic E-state index is 12.7. The maximum Gasteiger partial charge on any atom is 0.340 e. The van der Waals surface area contributed by atoms with Crippen molar-refractivity contribution in [3.8, 4) is 0 Å². The van der Waals surface area contributed by atoms with Gasteiger partial charge in [-0.1, -0.05) is 25.7 Å². The number of carbonyl (C=O) groups is 1. The molecule has 118 valence electrons. The monoisotopic (exact) mass is 315 g/mol. The standard InChI is InChI=1S/C13H21N3O4S/c1-9-11(13(17)18)12(15-14-9)21(19,20)16(2)10-7-5-3-4-6-8-10/h10H,3-8H2,1-2H3,(H,14,15)(H,17,18). The van der Waals surface area contributed by atoms with Gasteiger partial charge >= 0.3 is 5.97 Å². The Morgan fingerprint density at radius 1 is 1.29 bits per heavy atom. The number of nitrogens with zero attached hydrogens (tertiary/aromatic N) is 2. The molecule has 1 aromatic rings. The second-order valence-corrected chi connectivity index (χ2v) is 7.41. The van der Waals surface area contributed by atoms with E-state index in [9.17, 15) is 18.3 Å². The molecule has 21 heavy (non-hydrogen) atoms. The fraction of sp³-hybridized carbons (Fsp3) is 0.692. The molecule has 0 radical (unpaired) electrons. The number of carboxylic acid groups (broad SMARTS) is 1. The molecule has 1 aliphatic rings. The Hall–Kier alpha value is -1.41. The van der Waals surface area contributed by atoms with Crippen LogP contribution < -0.4 is 0 Å².